The van der Waals surface area contributed by atoms with Gasteiger partial charge in [-0.25, -0.2) is 0 Å². The Morgan fingerprint density at radius 2 is 1.86 bits per heavy atom. The average molecular weight is 274 g/mol. The Bertz CT molecular complexity index is 780. The second-order valence-electron chi connectivity index (χ2n) is 5.02. The van der Waals surface area contributed by atoms with Gasteiger partial charge in [0.1, 0.15) is 0 Å². The Labute approximate surface area is 125 Å². The first-order valence-electron chi connectivity index (χ1n) is 7.10. The zero-order chi connectivity index (χ0) is 14.5. The second kappa shape index (κ2) is 6.23. The van der Waals surface area contributed by atoms with E-state index in [2.05, 4.69) is 71.4 Å². The molecule has 0 amide bonds. The molecular formula is C19H18N2. The van der Waals surface area contributed by atoms with Crippen LogP contribution in [0.15, 0.2) is 71.9 Å². The smallest absolute Gasteiger partial charge is 0.0573 e. The second-order valence-corrected chi connectivity index (χ2v) is 5.02. The number of para-hydroxylation sites is 1. The van der Waals surface area contributed by atoms with E-state index >= 15 is 0 Å². The van der Waals surface area contributed by atoms with Crippen molar-refractivity contribution in [1.82, 2.24) is 4.57 Å². The number of fused-ring (bicyclic) bond motifs is 1. The summed E-state index contributed by atoms with van der Waals surface area (Å²) >= 11 is 0. The van der Waals surface area contributed by atoms with Crippen LogP contribution >= 0.6 is 0 Å². The van der Waals surface area contributed by atoms with Crippen LogP contribution in [-0.4, -0.2) is 17.3 Å². The highest BCUT2D eigenvalue weighted by atomic mass is 14.9. The van der Waals surface area contributed by atoms with Crippen molar-refractivity contribution < 1.29 is 0 Å². The molecule has 0 saturated carbocycles. The molecule has 3 rings (SSSR count). The van der Waals surface area contributed by atoms with Gasteiger partial charge < -0.3 is 4.57 Å². The van der Waals surface area contributed by atoms with E-state index in [0.717, 1.165) is 5.56 Å². The lowest BCUT2D eigenvalue weighted by Gasteiger charge is -2.00. The predicted octanol–water partition coefficient (Wildman–Crippen LogP) is 4.31. The van der Waals surface area contributed by atoms with Gasteiger partial charge in [0.15, 0.2) is 0 Å². The van der Waals surface area contributed by atoms with Gasteiger partial charge in [0.2, 0.25) is 0 Å². The molecule has 0 N–H and O–H groups in total. The molecule has 2 heteroatoms. The molecule has 0 fully saturated rings. The van der Waals surface area contributed by atoms with Gasteiger partial charge in [0.05, 0.1) is 12.1 Å². The summed E-state index contributed by atoms with van der Waals surface area (Å²) in [6.45, 7) is 0.690. The standard InChI is InChI=1S/C19H18N2/c1-21-14-12-17-10-5-11-18(19(17)21)15-20-13-6-9-16-7-3-2-4-8-16/h2-12,14-15H,13H2,1H3/b9-6+,20-15?. The fourth-order valence-electron chi connectivity index (χ4n) is 2.46. The summed E-state index contributed by atoms with van der Waals surface area (Å²) in [4.78, 5) is 4.50. The van der Waals surface area contributed by atoms with Crippen LogP contribution in [0.1, 0.15) is 11.1 Å². The largest absolute Gasteiger partial charge is 0.350 e. The average Bonchev–Trinajstić information content (AvgIpc) is 2.90. The normalized spacial score (nSPS) is 11.9. The number of benzene rings is 2. The summed E-state index contributed by atoms with van der Waals surface area (Å²) in [5.41, 5.74) is 3.60. The molecule has 0 spiro atoms. The van der Waals surface area contributed by atoms with E-state index in [1.165, 1.54) is 16.5 Å². The zero-order valence-corrected chi connectivity index (χ0v) is 12.1. The number of rotatable bonds is 4. The van der Waals surface area contributed by atoms with Crippen LogP contribution in [0.5, 0.6) is 0 Å². The summed E-state index contributed by atoms with van der Waals surface area (Å²) < 4.78 is 2.14. The molecule has 0 atom stereocenters. The van der Waals surface area contributed by atoms with Crippen LogP contribution in [0.3, 0.4) is 0 Å². The van der Waals surface area contributed by atoms with E-state index in [1.54, 1.807) is 0 Å². The van der Waals surface area contributed by atoms with E-state index in [9.17, 15) is 0 Å². The molecule has 0 aliphatic carbocycles. The lowest BCUT2D eigenvalue weighted by Crippen LogP contribution is -1.91. The Hall–Kier alpha value is -2.61. The van der Waals surface area contributed by atoms with E-state index in [0.29, 0.717) is 6.54 Å². The summed E-state index contributed by atoms with van der Waals surface area (Å²) in [5.74, 6) is 0. The number of nitrogens with zero attached hydrogens (tertiary/aromatic N) is 2. The minimum absolute atomic E-state index is 0.690. The summed E-state index contributed by atoms with van der Waals surface area (Å²) in [7, 11) is 2.06. The molecule has 0 unspecified atom stereocenters. The SMILES string of the molecule is Cn1ccc2cccc(C=NC/C=C/c3ccccc3)c21. The maximum atomic E-state index is 4.50. The maximum Gasteiger partial charge on any atom is 0.0573 e. The number of hydrogen-bond acceptors (Lipinski definition) is 1. The van der Waals surface area contributed by atoms with Crippen molar-refractivity contribution in [3.05, 3.63) is 78.0 Å². The Morgan fingerprint density at radius 3 is 2.71 bits per heavy atom. The number of hydrogen-bond donors (Lipinski definition) is 0. The highest BCUT2D eigenvalue weighted by molar-refractivity contribution is 5.98. The van der Waals surface area contributed by atoms with Crippen molar-refractivity contribution in [2.75, 3.05) is 6.54 Å². The first kappa shape index (κ1) is 13.4. The van der Waals surface area contributed by atoms with Gasteiger partial charge in [-0.3, -0.25) is 4.99 Å². The molecule has 0 radical (unpaired) electrons. The molecule has 21 heavy (non-hydrogen) atoms. The Balaban J connectivity index is 1.71. The molecule has 2 nitrogen and oxygen atoms in total. The molecule has 104 valence electrons. The van der Waals surface area contributed by atoms with Crippen LogP contribution in [0.2, 0.25) is 0 Å². The van der Waals surface area contributed by atoms with E-state index < -0.39 is 0 Å². The molecule has 0 aliphatic rings. The molecule has 3 aromatic rings. The maximum absolute atomic E-state index is 4.50. The quantitative estimate of drug-likeness (QED) is 0.631. The minimum atomic E-state index is 0.690. The fraction of sp³-hybridized carbons (Fsp3) is 0.105. The third kappa shape index (κ3) is 3.11. The third-order valence-electron chi connectivity index (χ3n) is 3.48. The van der Waals surface area contributed by atoms with Crippen LogP contribution in [0.25, 0.3) is 17.0 Å². The zero-order valence-electron chi connectivity index (χ0n) is 12.1. The summed E-state index contributed by atoms with van der Waals surface area (Å²) in [5, 5.41) is 1.25. The van der Waals surface area contributed by atoms with Crippen LogP contribution < -0.4 is 0 Å². The van der Waals surface area contributed by atoms with Crippen molar-refractivity contribution in [2.45, 2.75) is 0 Å². The van der Waals surface area contributed by atoms with Gasteiger partial charge in [-0.1, -0.05) is 60.7 Å². The summed E-state index contributed by atoms with van der Waals surface area (Å²) in [6.07, 6.45) is 8.21. The van der Waals surface area contributed by atoms with Crippen molar-refractivity contribution in [3.8, 4) is 0 Å². The van der Waals surface area contributed by atoms with E-state index in [1.807, 2.05) is 24.4 Å². The highest BCUT2D eigenvalue weighted by Crippen LogP contribution is 2.17. The van der Waals surface area contributed by atoms with Crippen LogP contribution in [0.4, 0.5) is 0 Å². The van der Waals surface area contributed by atoms with Gasteiger partial charge in [-0.2, -0.15) is 0 Å². The van der Waals surface area contributed by atoms with Crippen molar-refractivity contribution >= 4 is 23.2 Å². The molecule has 2 aromatic carbocycles. The van der Waals surface area contributed by atoms with Gasteiger partial charge in [-0.15, -0.1) is 0 Å². The Kier molecular flexibility index (Phi) is 3.97. The van der Waals surface area contributed by atoms with Gasteiger partial charge >= 0.3 is 0 Å². The Morgan fingerprint density at radius 1 is 1.00 bits per heavy atom. The topological polar surface area (TPSA) is 17.3 Å². The first-order valence-corrected chi connectivity index (χ1v) is 7.10. The molecule has 0 aliphatic heterocycles. The van der Waals surface area contributed by atoms with Crippen LogP contribution in [-0.2, 0) is 7.05 Å². The van der Waals surface area contributed by atoms with Crippen molar-refractivity contribution in [2.24, 2.45) is 12.0 Å². The van der Waals surface area contributed by atoms with Crippen molar-refractivity contribution in [3.63, 3.8) is 0 Å². The monoisotopic (exact) mass is 274 g/mol. The van der Waals surface area contributed by atoms with E-state index in [4.69, 9.17) is 0 Å². The predicted molar refractivity (Wildman–Crippen MR) is 90.9 cm³/mol. The lowest BCUT2D eigenvalue weighted by molar-refractivity contribution is 0.968. The number of aromatic nitrogens is 1. The molecule has 1 heterocycles. The van der Waals surface area contributed by atoms with E-state index in [-0.39, 0.29) is 0 Å². The molecule has 1 aromatic heterocycles. The van der Waals surface area contributed by atoms with Crippen molar-refractivity contribution in [1.29, 1.82) is 0 Å². The van der Waals surface area contributed by atoms with Gasteiger partial charge in [-0.05, 0) is 11.6 Å². The molecule has 0 bridgehead atoms. The molecular weight excluding hydrogens is 256 g/mol. The first-order chi connectivity index (χ1) is 10.3. The van der Waals surface area contributed by atoms with Gasteiger partial charge in [0.25, 0.3) is 0 Å². The van der Waals surface area contributed by atoms with Crippen LogP contribution in [0, 0.1) is 0 Å². The lowest BCUT2D eigenvalue weighted by atomic mass is 10.1. The highest BCUT2D eigenvalue weighted by Gasteiger charge is 2.01. The fourth-order valence-corrected chi connectivity index (χ4v) is 2.46. The minimum Gasteiger partial charge on any atom is -0.350 e. The molecule has 0 saturated heterocycles. The number of aryl methyl sites for hydroxylation is 1. The van der Waals surface area contributed by atoms with Gasteiger partial charge in [0, 0.05) is 30.4 Å². The number of aliphatic imine (C=N–C) groups is 1. The third-order valence-corrected chi connectivity index (χ3v) is 3.48. The summed E-state index contributed by atoms with van der Waals surface area (Å²) in [6, 6.07) is 18.7.